The van der Waals surface area contributed by atoms with E-state index in [-0.39, 0.29) is 0 Å². The second-order valence-corrected chi connectivity index (χ2v) is 16.1. The van der Waals surface area contributed by atoms with Gasteiger partial charge in [0.25, 0.3) is 0 Å². The molecule has 0 fully saturated rings. The van der Waals surface area contributed by atoms with Crippen LogP contribution in [0.3, 0.4) is 0 Å². The van der Waals surface area contributed by atoms with Crippen LogP contribution in [0.1, 0.15) is 42.3 Å². The first-order chi connectivity index (χ1) is 19.7. The molecule has 208 valence electrons. The molecule has 0 N–H and O–H groups in total. The zero-order valence-corrected chi connectivity index (χ0v) is 26.0. The Labute approximate surface area is 245 Å². The van der Waals surface area contributed by atoms with Crippen molar-refractivity contribution in [3.8, 4) is 0 Å². The first-order valence-corrected chi connectivity index (χ1v) is 17.8. The number of aryl methyl sites for hydroxylation is 2. The number of aliphatic imine (C=N–C) groups is 2. The number of fused-ring (bicyclic) bond motifs is 2. The molecule has 1 heterocycles. The molecule has 5 rings (SSSR count). The molecule has 4 nitrogen and oxygen atoms in total. The number of hydrogen-bond donors (Lipinski definition) is 0. The van der Waals surface area contributed by atoms with E-state index in [1.54, 1.807) is 0 Å². The molecule has 4 aromatic carbocycles. The summed E-state index contributed by atoms with van der Waals surface area (Å²) in [5.74, 6) is 0. The molecule has 0 aliphatic rings. The highest BCUT2D eigenvalue weighted by Crippen LogP contribution is 2.32. The lowest BCUT2D eigenvalue weighted by atomic mass is 10.0. The largest absolute Gasteiger partial charge is 0.418 e. The van der Waals surface area contributed by atoms with Gasteiger partial charge in [-0.1, -0.05) is 78.9 Å². The molecule has 0 atom stereocenters. The van der Waals surface area contributed by atoms with Gasteiger partial charge in [-0.15, -0.1) is 0 Å². The Morgan fingerprint density at radius 1 is 0.683 bits per heavy atom. The number of pyridine rings is 1. The number of rotatable bonds is 9. The third kappa shape index (κ3) is 6.87. The lowest BCUT2D eigenvalue weighted by molar-refractivity contribution is 0.307. The molecule has 5 aromatic rings. The molecule has 0 saturated heterocycles. The third-order valence-electron chi connectivity index (χ3n) is 7.24. The average Bonchev–Trinajstić information content (AvgIpc) is 2.96. The smallest absolute Gasteiger partial charge is 0.183 e. The molecule has 0 aliphatic carbocycles. The Morgan fingerprint density at radius 3 is 1.85 bits per heavy atom. The minimum atomic E-state index is -1.58. The molecule has 5 heteroatoms. The summed E-state index contributed by atoms with van der Waals surface area (Å²) in [7, 11) is -1.58. The summed E-state index contributed by atoms with van der Waals surface area (Å²) in [5, 5.41) is 4.68. The average molecular weight is 558 g/mol. The summed E-state index contributed by atoms with van der Waals surface area (Å²) in [6, 6.07) is 31.6. The number of nitrogens with zero attached hydrogens (tertiary/aromatic N) is 3. The van der Waals surface area contributed by atoms with Crippen LogP contribution in [0.5, 0.6) is 0 Å². The molecule has 1 aromatic heterocycles. The predicted molar refractivity (Wildman–Crippen MR) is 178 cm³/mol. The summed E-state index contributed by atoms with van der Waals surface area (Å²) in [6.07, 6.45) is 1.67. The van der Waals surface area contributed by atoms with Crippen molar-refractivity contribution in [3.05, 3.63) is 114 Å². The number of hydrogen-bond acceptors (Lipinski definition) is 4. The van der Waals surface area contributed by atoms with E-state index in [1.807, 2.05) is 13.0 Å². The molecule has 0 bridgehead atoms. The Kier molecular flexibility index (Phi) is 8.57. The fraction of sp³-hybridized carbons (Fsp3) is 0.250. The van der Waals surface area contributed by atoms with E-state index in [0.717, 1.165) is 75.5 Å². The molecule has 0 saturated carbocycles. The van der Waals surface area contributed by atoms with Crippen molar-refractivity contribution < 1.29 is 4.43 Å². The Bertz CT molecular complexity index is 1760. The normalized spacial score (nSPS) is 12.8. The zero-order chi connectivity index (χ0) is 29.0. The summed E-state index contributed by atoms with van der Waals surface area (Å²) >= 11 is 0. The third-order valence-corrected chi connectivity index (χ3v) is 8.31. The van der Waals surface area contributed by atoms with Crippen LogP contribution in [0.4, 0.5) is 11.4 Å². The van der Waals surface area contributed by atoms with Gasteiger partial charge in [0.05, 0.1) is 34.2 Å². The van der Waals surface area contributed by atoms with Crippen LogP contribution in [0.15, 0.2) is 101 Å². The highest BCUT2D eigenvalue weighted by molar-refractivity contribution is 6.69. The maximum absolute atomic E-state index is 6.18. The molecule has 0 spiro atoms. The van der Waals surface area contributed by atoms with Gasteiger partial charge in [0.2, 0.25) is 0 Å². The van der Waals surface area contributed by atoms with Crippen molar-refractivity contribution in [3.63, 3.8) is 0 Å². The number of aromatic nitrogens is 1. The standard InChI is InChI=1S/C36H39N3OSi/c1-25-20-22-28-13-7-9-15-30(28)35(25)37-27(3)32-17-11-18-33(38-32)34(19-12-24-40-41(4,5)6)39-36-26(2)21-23-29-14-8-10-16-31(29)36/h7-11,13-18,20-23H,12,19,24H2,1-6H3. The maximum atomic E-state index is 6.18. The van der Waals surface area contributed by atoms with E-state index in [1.165, 1.54) is 10.8 Å². The van der Waals surface area contributed by atoms with Crippen LogP contribution in [-0.4, -0.2) is 31.3 Å². The van der Waals surface area contributed by atoms with E-state index >= 15 is 0 Å². The van der Waals surface area contributed by atoms with E-state index in [9.17, 15) is 0 Å². The van der Waals surface area contributed by atoms with Crippen molar-refractivity contribution in [1.82, 2.24) is 4.98 Å². The predicted octanol–water partition coefficient (Wildman–Crippen LogP) is 9.90. The molecule has 0 amide bonds. The van der Waals surface area contributed by atoms with Gasteiger partial charge in [0.15, 0.2) is 8.32 Å². The van der Waals surface area contributed by atoms with Gasteiger partial charge < -0.3 is 4.43 Å². The molecule has 0 aliphatic heterocycles. The van der Waals surface area contributed by atoms with Gasteiger partial charge in [0.1, 0.15) is 0 Å². The van der Waals surface area contributed by atoms with Crippen LogP contribution in [-0.2, 0) is 4.43 Å². The first-order valence-electron chi connectivity index (χ1n) is 14.4. The van der Waals surface area contributed by atoms with Gasteiger partial charge in [0, 0.05) is 17.4 Å². The van der Waals surface area contributed by atoms with Gasteiger partial charge >= 0.3 is 0 Å². The van der Waals surface area contributed by atoms with Gasteiger partial charge in [-0.2, -0.15) is 0 Å². The van der Waals surface area contributed by atoms with Gasteiger partial charge in [-0.3, -0.25) is 9.98 Å². The Morgan fingerprint density at radius 2 is 1.24 bits per heavy atom. The minimum absolute atomic E-state index is 0.726. The molecule has 0 unspecified atom stereocenters. The van der Waals surface area contributed by atoms with Gasteiger partial charge in [-0.25, -0.2) is 4.98 Å². The minimum Gasteiger partial charge on any atom is -0.418 e. The summed E-state index contributed by atoms with van der Waals surface area (Å²) in [6.45, 7) is 13.7. The van der Waals surface area contributed by atoms with E-state index in [0.29, 0.717) is 0 Å². The molecular formula is C36H39N3OSi. The highest BCUT2D eigenvalue weighted by atomic mass is 28.4. The van der Waals surface area contributed by atoms with Crippen molar-refractivity contribution in [2.75, 3.05) is 6.61 Å². The SMILES string of the molecule is CC(=Nc1c(C)ccc2ccccc12)c1cccc(C(CCCO[Si](C)(C)C)=Nc2c(C)ccc3ccccc23)n1. The van der Waals surface area contributed by atoms with Crippen LogP contribution in [0.25, 0.3) is 21.5 Å². The van der Waals surface area contributed by atoms with Crippen molar-refractivity contribution >= 4 is 52.7 Å². The maximum Gasteiger partial charge on any atom is 0.183 e. The quantitative estimate of drug-likeness (QED) is 0.103. The summed E-state index contributed by atoms with van der Waals surface area (Å²) in [5.41, 5.74) is 7.90. The topological polar surface area (TPSA) is 46.8 Å². The van der Waals surface area contributed by atoms with E-state index in [4.69, 9.17) is 19.4 Å². The first kappa shape index (κ1) is 28.6. The van der Waals surface area contributed by atoms with Crippen LogP contribution in [0, 0.1) is 13.8 Å². The number of benzene rings is 4. The monoisotopic (exact) mass is 557 g/mol. The van der Waals surface area contributed by atoms with E-state index < -0.39 is 8.32 Å². The second kappa shape index (κ2) is 12.3. The molecule has 41 heavy (non-hydrogen) atoms. The van der Waals surface area contributed by atoms with Crippen LogP contribution in [0.2, 0.25) is 19.6 Å². The molecule has 0 radical (unpaired) electrons. The van der Waals surface area contributed by atoms with Crippen molar-refractivity contribution in [2.24, 2.45) is 9.98 Å². The lowest BCUT2D eigenvalue weighted by Gasteiger charge is -2.17. The summed E-state index contributed by atoms with van der Waals surface area (Å²) < 4.78 is 6.18. The van der Waals surface area contributed by atoms with Gasteiger partial charge in [-0.05, 0) is 87.3 Å². The zero-order valence-electron chi connectivity index (χ0n) is 25.0. The van der Waals surface area contributed by atoms with Crippen LogP contribution >= 0.6 is 0 Å². The fourth-order valence-electron chi connectivity index (χ4n) is 5.04. The van der Waals surface area contributed by atoms with E-state index in [2.05, 4.69) is 118 Å². The van der Waals surface area contributed by atoms with Crippen LogP contribution < -0.4 is 0 Å². The summed E-state index contributed by atoms with van der Waals surface area (Å²) in [4.78, 5) is 15.5. The lowest BCUT2D eigenvalue weighted by Crippen LogP contribution is -2.26. The second-order valence-electron chi connectivity index (χ2n) is 11.6. The Hall–Kier alpha value is -3.93. The highest BCUT2D eigenvalue weighted by Gasteiger charge is 2.15. The fourth-order valence-corrected chi connectivity index (χ4v) is 5.80. The van der Waals surface area contributed by atoms with Crippen molar-refractivity contribution in [1.29, 1.82) is 0 Å². The molecular weight excluding hydrogens is 519 g/mol. The Balaban J connectivity index is 1.55. The van der Waals surface area contributed by atoms with Crippen molar-refractivity contribution in [2.45, 2.75) is 53.3 Å².